The minimum atomic E-state index is -0.924. The number of aromatic nitrogens is 18. The van der Waals surface area contributed by atoms with Crippen LogP contribution in [0.1, 0.15) is 124 Å². The van der Waals surface area contributed by atoms with Gasteiger partial charge < -0.3 is 40.1 Å². The zero-order valence-corrected chi connectivity index (χ0v) is 58.7. The van der Waals surface area contributed by atoms with E-state index in [9.17, 15) is 33.6 Å². The van der Waals surface area contributed by atoms with Crippen molar-refractivity contribution < 1.29 is 88.7 Å². The maximum Gasteiger partial charge on any atom is 0.354 e. The van der Waals surface area contributed by atoms with Gasteiger partial charge >= 0.3 is 29.8 Å². The van der Waals surface area contributed by atoms with Gasteiger partial charge in [-0.15, -0.1) is 0 Å². The third-order valence-electron chi connectivity index (χ3n) is 14.5. The van der Waals surface area contributed by atoms with Gasteiger partial charge in [-0.25, -0.2) is 63.8 Å². The summed E-state index contributed by atoms with van der Waals surface area (Å²) in [4.78, 5) is 121. The molecule has 0 aromatic carbocycles. The molecule has 0 atom stereocenters. The molecule has 0 unspecified atom stereocenters. The van der Waals surface area contributed by atoms with Crippen LogP contribution < -0.4 is 16.8 Å². The van der Waals surface area contributed by atoms with Crippen molar-refractivity contribution >= 4 is 112 Å². The number of carboxylic acids is 1. The van der Waals surface area contributed by atoms with E-state index < -0.39 is 35.8 Å². The fourth-order valence-electron chi connectivity index (χ4n) is 10.1. The van der Waals surface area contributed by atoms with E-state index in [0.29, 0.717) is 111 Å². The quantitative estimate of drug-likeness (QED) is 0.0217. The third kappa shape index (κ3) is 16.7. The molecule has 0 saturated heterocycles. The van der Waals surface area contributed by atoms with Gasteiger partial charge in [0, 0.05) is 110 Å². The van der Waals surface area contributed by atoms with Crippen LogP contribution in [0.2, 0.25) is 0 Å². The number of nitrogens with one attached hydrogen (secondary N) is 1. The summed E-state index contributed by atoms with van der Waals surface area (Å²) in [7, 11) is 8.91. The summed E-state index contributed by atoms with van der Waals surface area (Å²) in [5, 5.41) is 24.3. The van der Waals surface area contributed by atoms with Crippen LogP contribution >= 0.6 is 0 Å². The minimum absolute atomic E-state index is 0. The number of anilines is 3. The topological polar surface area (TPSA) is 417 Å². The average molecular weight is 1570 g/mol. The molecule has 98 heavy (non-hydrogen) atoms. The smallest absolute Gasteiger partial charge is 0.354 e. The summed E-state index contributed by atoms with van der Waals surface area (Å²) in [6, 6.07) is 11.3. The molecule has 11 rings (SSSR count). The number of nitrogen functional groups attached to an aromatic ring is 2. The van der Waals surface area contributed by atoms with Crippen LogP contribution in [0.25, 0.3) is 44.7 Å². The number of aromatic carboxylic acids is 1. The van der Waals surface area contributed by atoms with Gasteiger partial charge in [-0.3, -0.25) is 42.7 Å². The fourth-order valence-corrected chi connectivity index (χ4v) is 10.1. The van der Waals surface area contributed by atoms with E-state index in [4.69, 9.17) is 41.8 Å². The maximum absolute atomic E-state index is 13.5. The van der Waals surface area contributed by atoms with Gasteiger partial charge in [0.15, 0.2) is 28.4 Å². The number of esters is 4. The molecule has 11 aromatic rings. The normalized spacial score (nSPS) is 11.0. The first-order valence-electron chi connectivity index (χ1n) is 30.0. The number of rotatable bonds is 21. The monoisotopic (exact) mass is 1570 g/mol. The molecule has 0 aliphatic carbocycles. The Morgan fingerprint density at radius 2 is 0.827 bits per heavy atom. The first kappa shape index (κ1) is 74.2. The number of amides is 1. The van der Waals surface area contributed by atoms with E-state index in [0.717, 1.165) is 11.4 Å². The van der Waals surface area contributed by atoms with Crippen molar-refractivity contribution in [1.29, 1.82) is 1.34 Å². The van der Waals surface area contributed by atoms with Crippen molar-refractivity contribution in [2.24, 2.45) is 0 Å². The Bertz CT molecular complexity index is 4580. The molecule has 0 saturated carbocycles. The standard InChI is InChI=1S/C35H37N11O6.C20H20N8O4.C7H10N2O2.CH4.BH.U/c1-7-45-26(13-20(3)41-45)28(47)17-29-38-24-15-22(33(49)51-5)18-36-30(24)43(29)11-9-10-12-44-31-25(16-23(19-37-31)34(50)52-6)39-35(44)40-32(48)27-14-21(4)42-46(27)8-2;1-31-17(29)11-7-13-15(23-9-11)27(19(21)25-13)5-3-4-6-28-16-14(26-20(28)22)8-12(10-24-16)18(30)32-2;1-3-9-6(7(10)11)4-5(2)8-9;;;/h9-10,13-16,18-19H,7-8,11-12,17H2,1-6H3,(H,39,40,48);3-4,7-10H,5-6H2,1-2H3,(H2,21,25)(H2,22,26);4H,3H2,1-2H3,(H,10,11);1H4;1H;/b10-9+;4-3+;;;;/i;;;;1T;. The zero-order chi connectivity index (χ0) is 70.4. The first-order chi connectivity index (χ1) is 46.6. The van der Waals surface area contributed by atoms with E-state index in [1.807, 2.05) is 52.0 Å². The summed E-state index contributed by atoms with van der Waals surface area (Å²) < 4.78 is 36.0. The average Bonchev–Trinajstić information content (AvgIpc) is 1.66. The number of ketones is 1. The molecular formula is C63H72BN21O12U. The molecule has 2 radical (unpaired) electrons. The molecule has 11 heterocycles. The van der Waals surface area contributed by atoms with Crippen LogP contribution in [0.4, 0.5) is 17.8 Å². The van der Waals surface area contributed by atoms with Crippen molar-refractivity contribution in [1.82, 2.24) is 87.5 Å². The predicted molar refractivity (Wildman–Crippen MR) is 357 cm³/mol. The van der Waals surface area contributed by atoms with Gasteiger partial charge in [-0.2, -0.15) is 15.3 Å². The van der Waals surface area contributed by atoms with E-state index in [2.05, 4.69) is 63.9 Å². The number of fused-ring (bicyclic) bond motifs is 4. The predicted octanol–water partition coefficient (Wildman–Crippen LogP) is 5.80. The van der Waals surface area contributed by atoms with Crippen molar-refractivity contribution in [3.05, 3.63) is 154 Å². The molecule has 1 amide bonds. The Hall–Kier alpha value is -11.2. The van der Waals surface area contributed by atoms with E-state index >= 15 is 0 Å². The van der Waals surface area contributed by atoms with Crippen molar-refractivity contribution in [3.8, 4) is 0 Å². The second-order valence-corrected chi connectivity index (χ2v) is 20.8. The summed E-state index contributed by atoms with van der Waals surface area (Å²) in [6.45, 7) is 14.0. The van der Waals surface area contributed by atoms with Crippen LogP contribution in [0.15, 0.2) is 91.6 Å². The number of allylic oxidation sites excluding steroid dienone is 4. The summed E-state index contributed by atoms with van der Waals surface area (Å²) in [6.07, 6.45) is 13.1. The second-order valence-electron chi connectivity index (χ2n) is 20.8. The first-order valence-corrected chi connectivity index (χ1v) is 29.4. The Morgan fingerprint density at radius 3 is 1.21 bits per heavy atom. The Morgan fingerprint density at radius 1 is 0.500 bits per heavy atom. The van der Waals surface area contributed by atoms with Crippen LogP contribution in [0.5, 0.6) is 0 Å². The van der Waals surface area contributed by atoms with E-state index in [-0.39, 0.29) is 98.5 Å². The Labute approximate surface area is 587 Å². The Kier molecular flexibility index (Phi) is 25.3. The van der Waals surface area contributed by atoms with Crippen molar-refractivity contribution in [2.75, 3.05) is 45.2 Å². The third-order valence-corrected chi connectivity index (χ3v) is 14.5. The fraction of sp³-hybridized carbons (Fsp3) is 0.302. The molecule has 33 nitrogen and oxygen atoms in total. The maximum atomic E-state index is 13.5. The second kappa shape index (κ2) is 33.5. The zero-order valence-electron chi connectivity index (χ0n) is 55.5. The van der Waals surface area contributed by atoms with Gasteiger partial charge in [0.2, 0.25) is 17.8 Å². The molecular weight excluding hydrogens is 1490 g/mol. The van der Waals surface area contributed by atoms with Crippen LogP contribution in [0, 0.1) is 51.9 Å². The molecule has 6 N–H and O–H groups in total. The summed E-state index contributed by atoms with van der Waals surface area (Å²) in [5.41, 5.74) is 20.1. The number of aryl methyl sites for hydroxylation is 6. The van der Waals surface area contributed by atoms with Crippen LogP contribution in [-0.4, -0.2) is 172 Å². The van der Waals surface area contributed by atoms with Crippen molar-refractivity contribution in [2.45, 2.75) is 101 Å². The molecule has 508 valence electrons. The number of nitrogens with zero attached hydrogens (tertiary/aromatic N) is 18. The number of methoxy groups -OCH3 is 4. The van der Waals surface area contributed by atoms with Crippen LogP contribution in [-0.2, 0) is 71.2 Å². The van der Waals surface area contributed by atoms with E-state index in [1.165, 1.54) is 57.9 Å². The number of pyridine rings is 4. The van der Waals surface area contributed by atoms with Gasteiger partial charge in [0.25, 0.3) is 5.91 Å². The molecule has 0 aliphatic rings. The number of carboxylic acid groups (broad SMARTS) is 1. The number of hydrogen-bond acceptors (Lipinski definition) is 24. The largest absolute Gasteiger partial charge is 0.477 e. The van der Waals surface area contributed by atoms with E-state index in [1.54, 1.807) is 83.9 Å². The number of ether oxygens (including phenoxy) is 4. The van der Waals surface area contributed by atoms with Crippen molar-refractivity contribution in [3.63, 3.8) is 0 Å². The number of carbonyl (C=O) groups is 7. The molecule has 35 heteroatoms. The van der Waals surface area contributed by atoms with Gasteiger partial charge in [-0.1, -0.05) is 31.7 Å². The molecule has 0 spiro atoms. The molecule has 0 fully saturated rings. The summed E-state index contributed by atoms with van der Waals surface area (Å²) >= 11 is 0. The molecule has 0 bridgehead atoms. The number of nitrogens with two attached hydrogens (primary N) is 2. The molecule has 0 aliphatic heterocycles. The SMILES string of the molecule is C.CCn1nc(C)cc1C(=O)Cc1nc2cc(C(=O)OC)cnc2n1C/C=C/Cn1c(NC(=O)c2cc(C)nn2CC)nc2cc(C(=O)OC)cnc21.CCn1nc(C)cc1C(=O)O.COC(=O)c1cnc2c(c1)nc(N)n2C/C=C/Cn1c(N)nc2cc(C(=O)OC)cnc21.[3H][B].[U]. The van der Waals surface area contributed by atoms with Gasteiger partial charge in [0.05, 0.1) is 74.2 Å². The number of carbonyl (C=O) groups excluding carboxylic acids is 6. The Balaban J connectivity index is 0.000000278. The number of imidazole rings is 4. The number of hydrogen-bond donors (Lipinski definition) is 4. The summed E-state index contributed by atoms with van der Waals surface area (Å²) in [5.74, 6) is -2.43. The number of Topliss-reactive ketones (excluding diaryl/α,β-unsaturated/α-hetero) is 1. The molecule has 11 aromatic heterocycles. The minimum Gasteiger partial charge on any atom is -0.477 e. The van der Waals surface area contributed by atoms with Gasteiger partial charge in [-0.05, 0) is 85.3 Å². The van der Waals surface area contributed by atoms with Crippen LogP contribution in [0.3, 0.4) is 0 Å². The van der Waals surface area contributed by atoms with Gasteiger partial charge in [0.1, 0.15) is 45.0 Å².